The Kier molecular flexibility index (Phi) is 40.1. The molecule has 0 aromatic heterocycles. The summed E-state index contributed by atoms with van der Waals surface area (Å²) in [5, 5.41) is 30.7. The summed E-state index contributed by atoms with van der Waals surface area (Å²) in [6.45, 7) is 3.79. The van der Waals surface area contributed by atoms with E-state index in [4.69, 9.17) is 18.9 Å². The summed E-state index contributed by atoms with van der Waals surface area (Å²) in [4.78, 5) is 12.9. The molecule has 0 amide bonds. The van der Waals surface area contributed by atoms with E-state index in [1.54, 1.807) is 0 Å². The monoisotopic (exact) mass is 949 g/mol. The molecule has 0 spiro atoms. The second kappa shape index (κ2) is 43.3. The van der Waals surface area contributed by atoms with Gasteiger partial charge in [-0.1, -0.05) is 162 Å². The van der Waals surface area contributed by atoms with Gasteiger partial charge in [-0.2, -0.15) is 8.42 Å². The predicted octanol–water partition coefficient (Wildman–Crippen LogP) is 11.4. The molecule has 1 fully saturated rings. The Morgan fingerprint density at radius 2 is 1.05 bits per heavy atom. The van der Waals surface area contributed by atoms with Crippen molar-refractivity contribution in [2.75, 3.05) is 26.4 Å². The van der Waals surface area contributed by atoms with Crippen molar-refractivity contribution in [1.82, 2.24) is 0 Å². The van der Waals surface area contributed by atoms with E-state index < -0.39 is 59.8 Å². The number of hydrogen-bond acceptors (Lipinski definition) is 11. The smallest absolute Gasteiger partial charge is 0.397 e. The van der Waals surface area contributed by atoms with E-state index in [1.807, 2.05) is 0 Å². The van der Waals surface area contributed by atoms with E-state index in [0.717, 1.165) is 96.3 Å². The maximum absolute atomic E-state index is 12.9. The van der Waals surface area contributed by atoms with Crippen LogP contribution in [-0.2, 0) is 38.3 Å². The molecule has 12 nitrogen and oxygen atoms in total. The zero-order valence-corrected chi connectivity index (χ0v) is 41.3. The van der Waals surface area contributed by atoms with Gasteiger partial charge in [0.1, 0.15) is 30.5 Å². The number of esters is 1. The third-order valence-corrected chi connectivity index (χ3v) is 11.2. The maximum atomic E-state index is 12.9. The third-order valence-electron chi connectivity index (χ3n) is 10.7. The van der Waals surface area contributed by atoms with Gasteiger partial charge in [-0.3, -0.25) is 9.35 Å². The minimum Gasteiger partial charge on any atom is -0.457 e. The summed E-state index contributed by atoms with van der Waals surface area (Å²) in [7, 11) is -5.07. The molecule has 6 unspecified atom stereocenters. The lowest BCUT2D eigenvalue weighted by Crippen LogP contribution is -2.60. The molecule has 1 rings (SSSR count). The topological polar surface area (TPSA) is 178 Å². The summed E-state index contributed by atoms with van der Waals surface area (Å²) in [6.07, 6.45) is 50.1. The number of allylic oxidation sites excluding steroid dienone is 16. The lowest BCUT2D eigenvalue weighted by atomic mass is 9.99. The molecule has 66 heavy (non-hydrogen) atoms. The van der Waals surface area contributed by atoms with E-state index in [2.05, 4.69) is 115 Å². The largest absolute Gasteiger partial charge is 0.457 e. The Morgan fingerprint density at radius 1 is 0.591 bits per heavy atom. The number of carbonyl (C=O) groups is 1. The first-order valence-electron chi connectivity index (χ1n) is 25.0. The van der Waals surface area contributed by atoms with E-state index in [1.165, 1.54) is 44.9 Å². The normalized spacial score (nSPS) is 20.4. The fourth-order valence-corrected chi connectivity index (χ4v) is 7.45. The molecule has 13 heteroatoms. The van der Waals surface area contributed by atoms with Crippen LogP contribution in [0.1, 0.15) is 168 Å². The second-order valence-corrected chi connectivity index (χ2v) is 17.7. The van der Waals surface area contributed by atoms with Crippen LogP contribution in [-0.4, -0.2) is 97.5 Å². The maximum Gasteiger partial charge on any atom is 0.397 e. The summed E-state index contributed by atoms with van der Waals surface area (Å²) in [5.41, 5.74) is 0. The number of rotatable bonds is 42. The molecule has 0 saturated carbocycles. The van der Waals surface area contributed by atoms with Gasteiger partial charge >= 0.3 is 16.4 Å². The van der Waals surface area contributed by atoms with E-state index in [-0.39, 0.29) is 19.6 Å². The number of hydrogen-bond donors (Lipinski definition) is 4. The summed E-state index contributed by atoms with van der Waals surface area (Å²) < 4.78 is 59.1. The van der Waals surface area contributed by atoms with Gasteiger partial charge in [0, 0.05) is 13.0 Å². The molecule has 1 aliphatic rings. The predicted molar refractivity (Wildman–Crippen MR) is 266 cm³/mol. The highest BCUT2D eigenvalue weighted by Crippen LogP contribution is 2.26. The van der Waals surface area contributed by atoms with Crippen LogP contribution >= 0.6 is 0 Å². The van der Waals surface area contributed by atoms with Crippen LogP contribution in [0.5, 0.6) is 0 Å². The van der Waals surface area contributed by atoms with Crippen molar-refractivity contribution in [1.29, 1.82) is 0 Å². The van der Waals surface area contributed by atoms with Gasteiger partial charge in [0.05, 0.1) is 19.8 Å². The van der Waals surface area contributed by atoms with Crippen LogP contribution in [0.2, 0.25) is 0 Å². The third kappa shape index (κ3) is 36.1. The second-order valence-electron chi connectivity index (χ2n) is 16.7. The van der Waals surface area contributed by atoms with Crippen LogP contribution in [0.4, 0.5) is 0 Å². The SMILES string of the molecule is CC/C=C\C/C=C\C/C=C\C/C=C\C/C=C\C/C=C\C/C=C\CCCCCC(=O)OC(COCCCCCCCC/C=C\CCCCCC)COC1OC(CO)C(O)C(OS(=O)(=O)O)C1O. The lowest BCUT2D eigenvalue weighted by Gasteiger charge is -2.41. The van der Waals surface area contributed by atoms with Crippen molar-refractivity contribution < 1.29 is 56.2 Å². The van der Waals surface area contributed by atoms with Crippen molar-refractivity contribution >= 4 is 16.4 Å². The van der Waals surface area contributed by atoms with E-state index in [9.17, 15) is 33.1 Å². The van der Waals surface area contributed by atoms with Gasteiger partial charge in [0.15, 0.2) is 6.29 Å². The number of aliphatic hydroxyl groups is 3. The van der Waals surface area contributed by atoms with Crippen LogP contribution in [0.3, 0.4) is 0 Å². The molecule has 0 aromatic rings. The van der Waals surface area contributed by atoms with Crippen molar-refractivity contribution in [2.45, 2.75) is 205 Å². The Morgan fingerprint density at radius 3 is 1.55 bits per heavy atom. The molecular formula is C53H88O12S. The highest BCUT2D eigenvalue weighted by atomic mass is 32.3. The zero-order chi connectivity index (χ0) is 48.2. The molecule has 1 heterocycles. The van der Waals surface area contributed by atoms with Crippen LogP contribution in [0, 0.1) is 0 Å². The number of carbonyl (C=O) groups excluding carboxylic acids is 1. The van der Waals surface area contributed by atoms with Gasteiger partial charge in [-0.15, -0.1) is 0 Å². The molecule has 0 aromatic carbocycles. The summed E-state index contributed by atoms with van der Waals surface area (Å²) in [6, 6.07) is 0. The first kappa shape index (κ1) is 61.0. The Bertz CT molecular complexity index is 1520. The van der Waals surface area contributed by atoms with Crippen molar-refractivity contribution in [3.63, 3.8) is 0 Å². The molecule has 1 saturated heterocycles. The molecule has 0 bridgehead atoms. The molecule has 0 radical (unpaired) electrons. The standard InChI is InChI=1S/C53H88O12S/c1-3-5-7-9-11-13-15-17-19-20-21-22-23-24-25-26-27-28-29-30-32-34-36-38-40-42-49(55)63-47(45-61-43-41-39-37-35-33-31-18-16-14-12-10-8-6-4-2)46-62-53-51(57)52(65-66(58,59)60)50(56)48(44-54)64-53/h5,7,11,13-14,16-17,19,21-22,24-25,27-28,30,32,47-48,50-54,56-57H,3-4,6,8-10,12,15,18,20,23,26,29,31,33-46H2,1-2H3,(H,58,59,60)/b7-5-,13-11-,16-14-,19-17-,22-21-,25-24-,28-27-,32-30-. The number of unbranched alkanes of at least 4 members (excludes halogenated alkanes) is 13. The van der Waals surface area contributed by atoms with Crippen LogP contribution in [0.15, 0.2) is 97.2 Å². The number of ether oxygens (including phenoxy) is 4. The first-order valence-corrected chi connectivity index (χ1v) is 26.4. The van der Waals surface area contributed by atoms with E-state index in [0.29, 0.717) is 13.0 Å². The number of aliphatic hydroxyl groups excluding tert-OH is 3. The molecule has 378 valence electrons. The summed E-state index contributed by atoms with van der Waals surface area (Å²) in [5.74, 6) is -0.437. The van der Waals surface area contributed by atoms with Crippen LogP contribution in [0.25, 0.3) is 0 Å². The van der Waals surface area contributed by atoms with Crippen molar-refractivity contribution in [3.8, 4) is 0 Å². The minimum absolute atomic E-state index is 0.0118. The van der Waals surface area contributed by atoms with Crippen molar-refractivity contribution in [3.05, 3.63) is 97.2 Å². The van der Waals surface area contributed by atoms with Crippen LogP contribution < -0.4 is 0 Å². The Hall–Kier alpha value is -2.98. The Labute approximate surface area is 399 Å². The molecule has 4 N–H and O–H groups in total. The van der Waals surface area contributed by atoms with E-state index >= 15 is 0 Å². The van der Waals surface area contributed by atoms with Gasteiger partial charge in [-0.25, -0.2) is 4.18 Å². The van der Waals surface area contributed by atoms with Gasteiger partial charge in [0.2, 0.25) is 0 Å². The molecular weight excluding hydrogens is 861 g/mol. The first-order chi connectivity index (χ1) is 32.1. The fourth-order valence-electron chi connectivity index (χ4n) is 6.94. The quantitative estimate of drug-likeness (QED) is 0.0197. The highest BCUT2D eigenvalue weighted by Gasteiger charge is 2.48. The average molecular weight is 949 g/mol. The zero-order valence-electron chi connectivity index (χ0n) is 40.5. The minimum atomic E-state index is -5.07. The lowest BCUT2D eigenvalue weighted by molar-refractivity contribution is -0.301. The van der Waals surface area contributed by atoms with Gasteiger partial charge in [0.25, 0.3) is 0 Å². The fraction of sp³-hybridized carbons (Fsp3) is 0.679. The molecule has 0 aliphatic carbocycles. The van der Waals surface area contributed by atoms with Gasteiger partial charge < -0.3 is 34.3 Å². The molecule has 1 aliphatic heterocycles. The average Bonchev–Trinajstić information content (AvgIpc) is 3.29. The van der Waals surface area contributed by atoms with Gasteiger partial charge in [-0.05, 0) is 96.3 Å². The molecule has 6 atom stereocenters. The summed E-state index contributed by atoms with van der Waals surface area (Å²) >= 11 is 0. The highest BCUT2D eigenvalue weighted by molar-refractivity contribution is 7.80. The Balaban J connectivity index is 2.41. The van der Waals surface area contributed by atoms with Crippen molar-refractivity contribution in [2.24, 2.45) is 0 Å².